The van der Waals surface area contributed by atoms with Gasteiger partial charge in [0.05, 0.1) is 0 Å². The van der Waals surface area contributed by atoms with E-state index in [0.717, 1.165) is 13.0 Å². The fraction of sp³-hybridized carbons (Fsp3) is 0.400. The molecule has 1 heteroatoms. The van der Waals surface area contributed by atoms with E-state index in [1.807, 2.05) is 0 Å². The van der Waals surface area contributed by atoms with Crippen LogP contribution in [0.5, 0.6) is 0 Å². The molecule has 0 bridgehead atoms. The Bertz CT molecular complexity index is 511. The lowest BCUT2D eigenvalue weighted by molar-refractivity contribution is 0.399. The number of rotatable bonds is 6. The van der Waals surface area contributed by atoms with Gasteiger partial charge in [0.15, 0.2) is 0 Å². The Labute approximate surface area is 129 Å². The number of aryl methyl sites for hydroxylation is 1. The van der Waals surface area contributed by atoms with Gasteiger partial charge in [0.25, 0.3) is 0 Å². The van der Waals surface area contributed by atoms with Gasteiger partial charge in [-0.1, -0.05) is 60.7 Å². The largest absolute Gasteiger partial charge is 0.311 e. The molecule has 0 radical (unpaired) electrons. The molecule has 2 aromatic rings. The Morgan fingerprint density at radius 2 is 1.43 bits per heavy atom. The lowest BCUT2D eigenvalue weighted by atomic mass is 9.91. The van der Waals surface area contributed by atoms with Crippen molar-refractivity contribution in [3.63, 3.8) is 0 Å². The molecule has 2 aromatic carbocycles. The van der Waals surface area contributed by atoms with Crippen LogP contribution in [0.25, 0.3) is 0 Å². The van der Waals surface area contributed by atoms with Gasteiger partial charge in [0, 0.05) is 12.1 Å². The van der Waals surface area contributed by atoms with Crippen LogP contribution in [0.1, 0.15) is 44.2 Å². The molecule has 0 saturated carbocycles. The van der Waals surface area contributed by atoms with Gasteiger partial charge >= 0.3 is 0 Å². The first-order valence-electron chi connectivity index (χ1n) is 7.88. The molecule has 21 heavy (non-hydrogen) atoms. The van der Waals surface area contributed by atoms with E-state index < -0.39 is 0 Å². The van der Waals surface area contributed by atoms with Crippen molar-refractivity contribution >= 4 is 0 Å². The Morgan fingerprint density at radius 1 is 0.857 bits per heavy atom. The summed E-state index contributed by atoms with van der Waals surface area (Å²) in [6.07, 6.45) is 2.31. The molecule has 0 aliphatic carbocycles. The second kappa shape index (κ2) is 7.42. The van der Waals surface area contributed by atoms with Crippen LogP contribution in [0, 0.1) is 0 Å². The van der Waals surface area contributed by atoms with Gasteiger partial charge in [-0.3, -0.25) is 0 Å². The minimum Gasteiger partial charge on any atom is -0.311 e. The zero-order valence-corrected chi connectivity index (χ0v) is 13.5. The fourth-order valence-electron chi connectivity index (χ4n) is 2.53. The monoisotopic (exact) mass is 281 g/mol. The Balaban J connectivity index is 2.02. The summed E-state index contributed by atoms with van der Waals surface area (Å²) in [5.41, 5.74) is 3.03. The summed E-state index contributed by atoms with van der Waals surface area (Å²) in [5.74, 6) is 0.561. The third-order valence-corrected chi connectivity index (χ3v) is 3.77. The van der Waals surface area contributed by atoms with Crippen LogP contribution in [-0.2, 0) is 6.42 Å². The van der Waals surface area contributed by atoms with E-state index in [2.05, 4.69) is 86.8 Å². The van der Waals surface area contributed by atoms with Gasteiger partial charge in [-0.05, 0) is 50.7 Å². The Morgan fingerprint density at radius 3 is 2.00 bits per heavy atom. The molecule has 0 saturated heterocycles. The first kappa shape index (κ1) is 15.8. The molecule has 0 aromatic heterocycles. The predicted molar refractivity (Wildman–Crippen MR) is 91.7 cm³/mol. The topological polar surface area (TPSA) is 12.0 Å². The summed E-state index contributed by atoms with van der Waals surface area (Å²) in [4.78, 5) is 0. The fourth-order valence-corrected chi connectivity index (χ4v) is 2.53. The molecular weight excluding hydrogens is 254 g/mol. The molecular formula is C20H27N. The average Bonchev–Trinajstić information content (AvgIpc) is 2.48. The van der Waals surface area contributed by atoms with E-state index in [1.165, 1.54) is 17.5 Å². The van der Waals surface area contributed by atoms with Crippen molar-refractivity contribution < 1.29 is 0 Å². The van der Waals surface area contributed by atoms with E-state index in [4.69, 9.17) is 0 Å². The van der Waals surface area contributed by atoms with Gasteiger partial charge in [0.1, 0.15) is 0 Å². The van der Waals surface area contributed by atoms with Crippen LogP contribution < -0.4 is 5.32 Å². The van der Waals surface area contributed by atoms with Gasteiger partial charge in [-0.15, -0.1) is 0 Å². The Hall–Kier alpha value is -1.60. The molecule has 1 N–H and O–H groups in total. The van der Waals surface area contributed by atoms with Crippen LogP contribution >= 0.6 is 0 Å². The number of nitrogens with one attached hydrogen (secondary N) is 1. The predicted octanol–water partition coefficient (Wildman–Crippen LogP) is 4.79. The summed E-state index contributed by atoms with van der Waals surface area (Å²) in [5, 5.41) is 3.66. The van der Waals surface area contributed by atoms with Crippen molar-refractivity contribution in [1.29, 1.82) is 0 Å². The van der Waals surface area contributed by atoms with Gasteiger partial charge < -0.3 is 5.32 Å². The zero-order valence-electron chi connectivity index (χ0n) is 13.5. The molecule has 0 aliphatic heterocycles. The van der Waals surface area contributed by atoms with Crippen molar-refractivity contribution in [1.82, 2.24) is 5.32 Å². The molecule has 0 amide bonds. The molecule has 2 rings (SSSR count). The highest BCUT2D eigenvalue weighted by Gasteiger charge is 2.15. The second-order valence-corrected chi connectivity index (χ2v) is 6.76. The third kappa shape index (κ3) is 5.73. The minimum absolute atomic E-state index is 0.166. The van der Waals surface area contributed by atoms with Crippen LogP contribution in [0.2, 0.25) is 0 Å². The summed E-state index contributed by atoms with van der Waals surface area (Å²) < 4.78 is 0. The molecule has 0 heterocycles. The molecule has 0 fully saturated rings. The van der Waals surface area contributed by atoms with Crippen molar-refractivity contribution in [2.75, 3.05) is 6.54 Å². The molecule has 1 nitrogen and oxygen atoms in total. The van der Waals surface area contributed by atoms with Gasteiger partial charge in [0.2, 0.25) is 0 Å². The van der Waals surface area contributed by atoms with E-state index in [1.54, 1.807) is 0 Å². The lowest BCUT2D eigenvalue weighted by Crippen LogP contribution is -2.38. The van der Waals surface area contributed by atoms with E-state index in [-0.39, 0.29) is 5.54 Å². The highest BCUT2D eigenvalue weighted by atomic mass is 14.9. The maximum absolute atomic E-state index is 3.66. The minimum atomic E-state index is 0.166. The third-order valence-electron chi connectivity index (χ3n) is 3.77. The molecule has 0 aliphatic rings. The molecule has 112 valence electrons. The zero-order chi connectivity index (χ0) is 15.1. The van der Waals surface area contributed by atoms with Crippen LogP contribution in [0.15, 0.2) is 60.7 Å². The maximum Gasteiger partial charge on any atom is 0.00967 e. The number of hydrogen-bond acceptors (Lipinski definition) is 1. The summed E-state index contributed by atoms with van der Waals surface area (Å²) in [7, 11) is 0. The first-order valence-corrected chi connectivity index (χ1v) is 7.88. The average molecular weight is 281 g/mol. The van der Waals surface area contributed by atoms with Gasteiger partial charge in [-0.25, -0.2) is 0 Å². The second-order valence-electron chi connectivity index (χ2n) is 6.76. The number of hydrogen-bond donors (Lipinski definition) is 1. The standard InChI is InChI=1S/C20H27N/c1-20(2,3)21-16-19(18-12-8-5-9-13-18)15-14-17-10-6-4-7-11-17/h4-13,19,21H,14-16H2,1-3H3. The van der Waals surface area contributed by atoms with Crippen molar-refractivity contribution in [2.24, 2.45) is 0 Å². The van der Waals surface area contributed by atoms with Crippen molar-refractivity contribution in [3.05, 3.63) is 71.8 Å². The summed E-state index contributed by atoms with van der Waals surface area (Å²) in [6.45, 7) is 7.71. The quantitative estimate of drug-likeness (QED) is 0.802. The van der Waals surface area contributed by atoms with Gasteiger partial charge in [-0.2, -0.15) is 0 Å². The number of benzene rings is 2. The van der Waals surface area contributed by atoms with Crippen LogP contribution in [0.3, 0.4) is 0 Å². The SMILES string of the molecule is CC(C)(C)NCC(CCc1ccccc1)c1ccccc1. The van der Waals surface area contributed by atoms with Crippen LogP contribution in [0.4, 0.5) is 0 Å². The van der Waals surface area contributed by atoms with E-state index in [0.29, 0.717) is 5.92 Å². The Kier molecular flexibility index (Phi) is 5.58. The summed E-state index contributed by atoms with van der Waals surface area (Å²) in [6, 6.07) is 21.6. The lowest BCUT2D eigenvalue weighted by Gasteiger charge is -2.26. The van der Waals surface area contributed by atoms with Crippen LogP contribution in [-0.4, -0.2) is 12.1 Å². The molecule has 0 spiro atoms. The highest BCUT2D eigenvalue weighted by molar-refractivity contribution is 5.21. The van der Waals surface area contributed by atoms with Crippen molar-refractivity contribution in [2.45, 2.75) is 45.1 Å². The highest BCUT2D eigenvalue weighted by Crippen LogP contribution is 2.22. The van der Waals surface area contributed by atoms with Crippen molar-refractivity contribution in [3.8, 4) is 0 Å². The molecule has 1 atom stereocenters. The smallest absolute Gasteiger partial charge is 0.00967 e. The van der Waals surface area contributed by atoms with E-state index in [9.17, 15) is 0 Å². The maximum atomic E-state index is 3.66. The normalized spacial score (nSPS) is 13.1. The molecule has 1 unspecified atom stereocenters. The van der Waals surface area contributed by atoms with E-state index >= 15 is 0 Å². The summed E-state index contributed by atoms with van der Waals surface area (Å²) >= 11 is 0. The first-order chi connectivity index (χ1) is 10.0.